The number of amides is 2. The Labute approximate surface area is 126 Å². The third-order valence-corrected chi connectivity index (χ3v) is 7.02. The van der Waals surface area contributed by atoms with Gasteiger partial charge in [-0.05, 0) is 5.56 Å². The lowest BCUT2D eigenvalue weighted by Gasteiger charge is -2.46. The molecule has 0 N–H and O–H groups in total. The molecule has 3 fully saturated rings. The molecule has 2 atom stereocenters. The highest BCUT2D eigenvalue weighted by atomic mass is 33.1. The number of hydrogen-bond donors (Lipinski definition) is 0. The van der Waals surface area contributed by atoms with E-state index in [4.69, 9.17) is 0 Å². The van der Waals surface area contributed by atoms with E-state index in [1.165, 1.54) is 10.8 Å². The quantitative estimate of drug-likeness (QED) is 0.779. The standard InChI is InChI=1S/C14H16N2O2S2/c1-15-11-9-19-20-14(13(15)18,16(2)12(11)17)8-10-6-4-3-5-7-10/h3-7,11H,8-9H2,1-2H3. The average molecular weight is 308 g/mol. The fourth-order valence-electron chi connectivity index (χ4n) is 2.69. The second-order valence-electron chi connectivity index (χ2n) is 5.14. The van der Waals surface area contributed by atoms with Crippen molar-refractivity contribution in [3.8, 4) is 0 Å². The van der Waals surface area contributed by atoms with E-state index < -0.39 is 4.87 Å². The van der Waals surface area contributed by atoms with Crippen molar-refractivity contribution in [2.24, 2.45) is 0 Å². The van der Waals surface area contributed by atoms with Crippen molar-refractivity contribution >= 4 is 33.4 Å². The molecule has 6 heteroatoms. The number of hydrogen-bond acceptors (Lipinski definition) is 4. The van der Waals surface area contributed by atoms with Gasteiger partial charge in [0.05, 0.1) is 0 Å². The van der Waals surface area contributed by atoms with Crippen LogP contribution in [0, 0.1) is 0 Å². The molecule has 4 nitrogen and oxygen atoms in total. The van der Waals surface area contributed by atoms with Crippen LogP contribution in [0.2, 0.25) is 0 Å². The van der Waals surface area contributed by atoms with E-state index in [0.29, 0.717) is 12.2 Å². The Bertz CT molecular complexity index is 551. The van der Waals surface area contributed by atoms with Crippen LogP contribution in [0.5, 0.6) is 0 Å². The lowest BCUT2D eigenvalue weighted by molar-refractivity contribution is -0.159. The first-order valence-corrected chi connectivity index (χ1v) is 8.77. The summed E-state index contributed by atoms with van der Waals surface area (Å²) in [4.78, 5) is 27.7. The second kappa shape index (κ2) is 5.00. The second-order valence-corrected chi connectivity index (χ2v) is 7.76. The molecule has 1 aromatic carbocycles. The van der Waals surface area contributed by atoms with Gasteiger partial charge in [0.25, 0.3) is 5.91 Å². The van der Waals surface area contributed by atoms with Crippen LogP contribution >= 0.6 is 21.6 Å². The lowest BCUT2D eigenvalue weighted by atomic mass is 9.98. The first-order valence-electron chi connectivity index (χ1n) is 6.46. The van der Waals surface area contributed by atoms with Crippen molar-refractivity contribution in [2.75, 3.05) is 19.8 Å². The molecule has 0 aromatic heterocycles. The summed E-state index contributed by atoms with van der Waals surface area (Å²) in [7, 11) is 6.63. The highest BCUT2D eigenvalue weighted by Gasteiger charge is 2.56. The Morgan fingerprint density at radius 3 is 2.65 bits per heavy atom. The maximum absolute atomic E-state index is 12.8. The molecule has 3 aliphatic rings. The number of piperazine rings is 1. The maximum Gasteiger partial charge on any atom is 0.260 e. The minimum absolute atomic E-state index is 0.0310. The van der Waals surface area contributed by atoms with Crippen LogP contribution in [0.25, 0.3) is 0 Å². The molecule has 0 radical (unpaired) electrons. The highest BCUT2D eigenvalue weighted by molar-refractivity contribution is 8.77. The molecular weight excluding hydrogens is 292 g/mol. The third-order valence-electron chi connectivity index (χ3n) is 3.99. The summed E-state index contributed by atoms with van der Waals surface area (Å²) in [5.74, 6) is 0.732. The minimum Gasteiger partial charge on any atom is -0.330 e. The fraction of sp³-hybridized carbons (Fsp3) is 0.429. The van der Waals surface area contributed by atoms with Gasteiger partial charge in [0.1, 0.15) is 6.04 Å². The Kier molecular flexibility index (Phi) is 3.46. The van der Waals surface area contributed by atoms with Gasteiger partial charge >= 0.3 is 0 Å². The van der Waals surface area contributed by atoms with Crippen molar-refractivity contribution in [2.45, 2.75) is 17.3 Å². The molecule has 20 heavy (non-hydrogen) atoms. The van der Waals surface area contributed by atoms with Crippen LogP contribution in [0.3, 0.4) is 0 Å². The van der Waals surface area contributed by atoms with E-state index in [2.05, 4.69) is 0 Å². The molecule has 3 saturated heterocycles. The van der Waals surface area contributed by atoms with Gasteiger partial charge in [-0.25, -0.2) is 0 Å². The molecule has 0 aliphatic carbocycles. The zero-order valence-corrected chi connectivity index (χ0v) is 13.0. The number of nitrogens with zero attached hydrogens (tertiary/aromatic N) is 2. The van der Waals surface area contributed by atoms with Crippen LogP contribution in [-0.4, -0.2) is 52.4 Å². The van der Waals surface area contributed by atoms with Gasteiger partial charge < -0.3 is 9.80 Å². The van der Waals surface area contributed by atoms with E-state index in [0.717, 1.165) is 5.56 Å². The molecule has 4 rings (SSSR count). The van der Waals surface area contributed by atoms with Crippen LogP contribution in [0.15, 0.2) is 30.3 Å². The van der Waals surface area contributed by atoms with E-state index in [1.807, 2.05) is 30.3 Å². The highest BCUT2D eigenvalue weighted by Crippen LogP contribution is 2.48. The normalized spacial score (nSPS) is 29.8. The van der Waals surface area contributed by atoms with Crippen molar-refractivity contribution in [1.29, 1.82) is 0 Å². The van der Waals surface area contributed by atoms with Crippen molar-refractivity contribution in [3.63, 3.8) is 0 Å². The Balaban J connectivity index is 2.03. The van der Waals surface area contributed by atoms with Gasteiger partial charge in [0.15, 0.2) is 4.87 Å². The van der Waals surface area contributed by atoms with Crippen LogP contribution in [-0.2, 0) is 16.0 Å². The topological polar surface area (TPSA) is 40.6 Å². The zero-order chi connectivity index (χ0) is 14.3. The smallest absolute Gasteiger partial charge is 0.260 e. The van der Waals surface area contributed by atoms with Gasteiger partial charge in [-0.3, -0.25) is 9.59 Å². The largest absolute Gasteiger partial charge is 0.330 e. The summed E-state index contributed by atoms with van der Waals surface area (Å²) in [5.41, 5.74) is 1.07. The SMILES string of the molecule is CN1C(=O)C2(Cc3ccccc3)SSCC1C(=O)N2C. The lowest BCUT2D eigenvalue weighted by Crippen LogP contribution is -2.68. The van der Waals surface area contributed by atoms with Crippen molar-refractivity contribution < 1.29 is 9.59 Å². The zero-order valence-electron chi connectivity index (χ0n) is 11.4. The van der Waals surface area contributed by atoms with E-state index in [9.17, 15) is 9.59 Å². The molecule has 0 saturated carbocycles. The first kappa shape index (κ1) is 13.8. The molecule has 2 bridgehead atoms. The van der Waals surface area contributed by atoms with Crippen LogP contribution in [0.1, 0.15) is 5.56 Å². The van der Waals surface area contributed by atoms with Crippen LogP contribution in [0.4, 0.5) is 0 Å². The number of fused-ring (bicyclic) bond motifs is 4. The summed E-state index contributed by atoms with van der Waals surface area (Å²) in [6.45, 7) is 0. The first-order chi connectivity index (χ1) is 9.56. The Morgan fingerprint density at radius 2 is 1.95 bits per heavy atom. The van der Waals surface area contributed by atoms with Crippen molar-refractivity contribution in [3.05, 3.63) is 35.9 Å². The van der Waals surface area contributed by atoms with Crippen LogP contribution < -0.4 is 0 Å². The fourth-order valence-corrected chi connectivity index (χ4v) is 6.00. The van der Waals surface area contributed by atoms with E-state index in [-0.39, 0.29) is 17.9 Å². The van der Waals surface area contributed by atoms with Gasteiger partial charge in [-0.2, -0.15) is 0 Å². The monoisotopic (exact) mass is 308 g/mol. The van der Waals surface area contributed by atoms with Gasteiger partial charge in [-0.15, -0.1) is 0 Å². The molecule has 3 heterocycles. The molecule has 1 aromatic rings. The minimum atomic E-state index is -0.815. The molecule has 2 unspecified atom stereocenters. The maximum atomic E-state index is 12.8. The molecule has 2 amide bonds. The predicted molar refractivity (Wildman–Crippen MR) is 82.3 cm³/mol. The summed E-state index contributed by atoms with van der Waals surface area (Å²) in [6, 6.07) is 9.56. The van der Waals surface area contributed by atoms with Gasteiger partial charge in [0, 0.05) is 26.3 Å². The van der Waals surface area contributed by atoms with Gasteiger partial charge in [0.2, 0.25) is 5.91 Å². The summed E-state index contributed by atoms with van der Waals surface area (Å²) >= 11 is 0. The molecule has 3 aliphatic heterocycles. The Hall–Kier alpha value is -1.14. The van der Waals surface area contributed by atoms with E-state index in [1.54, 1.807) is 34.7 Å². The molecular formula is C14H16N2O2S2. The summed E-state index contributed by atoms with van der Waals surface area (Å²) < 4.78 is 0. The predicted octanol–water partition coefficient (Wildman–Crippen LogP) is 1.62. The number of carbonyl (C=O) groups excluding carboxylic acids is 2. The average Bonchev–Trinajstić information content (AvgIpc) is 2.66. The summed E-state index contributed by atoms with van der Waals surface area (Å²) in [6.07, 6.45) is 0.545. The number of likely N-dealkylation sites (N-methyl/N-ethyl adjacent to an activating group) is 2. The van der Waals surface area contributed by atoms with Gasteiger partial charge in [-0.1, -0.05) is 51.9 Å². The number of carbonyl (C=O) groups is 2. The molecule has 0 spiro atoms. The number of benzene rings is 1. The van der Waals surface area contributed by atoms with Crippen molar-refractivity contribution in [1.82, 2.24) is 9.80 Å². The molecule has 106 valence electrons. The summed E-state index contributed by atoms with van der Waals surface area (Å²) in [5, 5.41) is 0. The Morgan fingerprint density at radius 1 is 1.25 bits per heavy atom. The third kappa shape index (κ3) is 1.93. The number of rotatable bonds is 2. The van der Waals surface area contributed by atoms with E-state index >= 15 is 0 Å².